The number of aromatic nitrogens is 2. The number of carbonyl (C=O) groups is 1. The molecule has 0 saturated heterocycles. The van der Waals surface area contributed by atoms with E-state index in [-0.39, 0.29) is 23.6 Å². The van der Waals surface area contributed by atoms with E-state index in [1.54, 1.807) is 18.5 Å². The van der Waals surface area contributed by atoms with Gasteiger partial charge in [-0.25, -0.2) is 0 Å². The van der Waals surface area contributed by atoms with Gasteiger partial charge in [0.05, 0.1) is 6.04 Å². The van der Waals surface area contributed by atoms with Crippen LogP contribution in [0.5, 0.6) is 0 Å². The number of amides is 1. The maximum absolute atomic E-state index is 12.7. The van der Waals surface area contributed by atoms with Gasteiger partial charge in [-0.05, 0) is 35.7 Å². The molecule has 0 aliphatic rings. The van der Waals surface area contributed by atoms with Gasteiger partial charge < -0.3 is 9.84 Å². The molecular weight excluding hydrogens is 314 g/mol. The number of nitrogens with one attached hydrogen (secondary N) is 1. The van der Waals surface area contributed by atoms with Gasteiger partial charge in [0.1, 0.15) is 5.76 Å². The average Bonchev–Trinajstić information content (AvgIpc) is 3.12. The molecule has 128 valence electrons. The van der Waals surface area contributed by atoms with Crippen molar-refractivity contribution in [3.05, 3.63) is 83.0 Å². The minimum atomic E-state index is -0.282. The molecule has 0 spiro atoms. The Balaban J connectivity index is 1.92. The largest absolute Gasteiger partial charge is 0.360 e. The number of aryl methyl sites for hydroxylation is 1. The van der Waals surface area contributed by atoms with Gasteiger partial charge in [0.25, 0.3) is 5.91 Å². The first kappa shape index (κ1) is 16.9. The molecule has 5 nitrogen and oxygen atoms in total. The van der Waals surface area contributed by atoms with Gasteiger partial charge in [-0.3, -0.25) is 9.78 Å². The molecule has 0 aliphatic heterocycles. The van der Waals surface area contributed by atoms with Crippen LogP contribution in [0.25, 0.3) is 0 Å². The van der Waals surface area contributed by atoms with E-state index < -0.39 is 0 Å². The summed E-state index contributed by atoms with van der Waals surface area (Å²) in [4.78, 5) is 16.8. The lowest BCUT2D eigenvalue weighted by Gasteiger charge is -2.21. The Bertz CT molecular complexity index is 856. The smallest absolute Gasteiger partial charge is 0.274 e. The van der Waals surface area contributed by atoms with Crippen LogP contribution in [0, 0.1) is 6.92 Å². The quantitative estimate of drug-likeness (QED) is 0.764. The van der Waals surface area contributed by atoms with Crippen LogP contribution < -0.4 is 5.32 Å². The van der Waals surface area contributed by atoms with Crippen LogP contribution in [0.3, 0.4) is 0 Å². The number of hydrogen-bond acceptors (Lipinski definition) is 4. The molecule has 3 aromatic rings. The average molecular weight is 335 g/mol. The van der Waals surface area contributed by atoms with Crippen molar-refractivity contribution < 1.29 is 9.32 Å². The third-order valence-corrected chi connectivity index (χ3v) is 4.14. The van der Waals surface area contributed by atoms with Crippen LogP contribution in [0.1, 0.15) is 58.7 Å². The summed E-state index contributed by atoms with van der Waals surface area (Å²) in [6, 6.07) is 13.2. The first-order chi connectivity index (χ1) is 12.1. The van der Waals surface area contributed by atoms with Crippen LogP contribution in [-0.2, 0) is 0 Å². The topological polar surface area (TPSA) is 68.0 Å². The van der Waals surface area contributed by atoms with Gasteiger partial charge in [0, 0.05) is 24.4 Å². The van der Waals surface area contributed by atoms with E-state index in [1.165, 1.54) is 0 Å². The third-order valence-electron chi connectivity index (χ3n) is 4.14. The van der Waals surface area contributed by atoms with Gasteiger partial charge in [-0.1, -0.05) is 43.3 Å². The molecule has 1 aromatic carbocycles. The molecule has 3 rings (SSSR count). The number of nitrogens with zero attached hydrogens (tertiary/aromatic N) is 2. The van der Waals surface area contributed by atoms with E-state index >= 15 is 0 Å². The van der Waals surface area contributed by atoms with Crippen LogP contribution in [0.4, 0.5) is 0 Å². The van der Waals surface area contributed by atoms with E-state index in [0.29, 0.717) is 5.76 Å². The zero-order valence-corrected chi connectivity index (χ0v) is 14.6. The number of benzene rings is 1. The minimum absolute atomic E-state index is 0.182. The Morgan fingerprint density at radius 3 is 2.48 bits per heavy atom. The molecule has 25 heavy (non-hydrogen) atoms. The Labute approximate surface area is 147 Å². The fourth-order valence-electron chi connectivity index (χ4n) is 2.68. The predicted octanol–water partition coefficient (Wildman–Crippen LogP) is 4.02. The SMILES string of the molecule is Cc1ccccc1[C@@H](NC(=O)c1cc(C(C)C)on1)c1ccncc1. The molecule has 2 heterocycles. The molecule has 0 radical (unpaired) electrons. The lowest BCUT2D eigenvalue weighted by molar-refractivity contribution is 0.0933. The predicted molar refractivity (Wildman–Crippen MR) is 95.3 cm³/mol. The summed E-state index contributed by atoms with van der Waals surface area (Å²) in [5.41, 5.74) is 3.39. The molecule has 1 N–H and O–H groups in total. The standard InChI is InChI=1S/C20H21N3O2/c1-13(2)18-12-17(23-25-18)20(24)22-19(15-8-10-21-11-9-15)16-7-5-4-6-14(16)3/h4-13,19H,1-3H3,(H,22,24)/t19-/m0/s1. The van der Waals surface area contributed by atoms with Crippen LogP contribution >= 0.6 is 0 Å². The van der Waals surface area contributed by atoms with Crippen molar-refractivity contribution in [2.45, 2.75) is 32.7 Å². The molecule has 0 aliphatic carbocycles. The highest BCUT2D eigenvalue weighted by Gasteiger charge is 2.22. The second kappa shape index (κ2) is 7.30. The molecule has 0 bridgehead atoms. The Morgan fingerprint density at radius 1 is 1.12 bits per heavy atom. The second-order valence-electron chi connectivity index (χ2n) is 6.31. The molecule has 2 aromatic heterocycles. The van der Waals surface area contributed by atoms with Gasteiger partial charge in [0.2, 0.25) is 0 Å². The highest BCUT2D eigenvalue weighted by molar-refractivity contribution is 5.92. The molecule has 0 saturated carbocycles. The summed E-state index contributed by atoms with van der Waals surface area (Å²) >= 11 is 0. The van der Waals surface area contributed by atoms with Gasteiger partial charge in [-0.2, -0.15) is 0 Å². The molecule has 1 amide bonds. The molecule has 0 fully saturated rings. The second-order valence-corrected chi connectivity index (χ2v) is 6.31. The van der Waals surface area contributed by atoms with Crippen molar-refractivity contribution in [1.29, 1.82) is 0 Å². The van der Waals surface area contributed by atoms with Crippen molar-refractivity contribution in [2.75, 3.05) is 0 Å². The van der Waals surface area contributed by atoms with Crippen LogP contribution in [-0.4, -0.2) is 16.0 Å². The van der Waals surface area contributed by atoms with Crippen LogP contribution in [0.2, 0.25) is 0 Å². The molecule has 0 unspecified atom stereocenters. The monoisotopic (exact) mass is 335 g/mol. The first-order valence-electron chi connectivity index (χ1n) is 8.29. The van der Waals surface area contributed by atoms with Crippen molar-refractivity contribution in [3.63, 3.8) is 0 Å². The van der Waals surface area contributed by atoms with Crippen molar-refractivity contribution in [2.24, 2.45) is 0 Å². The Hall–Kier alpha value is -2.95. The summed E-state index contributed by atoms with van der Waals surface area (Å²) in [6.07, 6.45) is 3.44. The number of pyridine rings is 1. The van der Waals surface area contributed by atoms with Crippen molar-refractivity contribution >= 4 is 5.91 Å². The Kier molecular flexibility index (Phi) is 4.93. The van der Waals surface area contributed by atoms with Crippen LogP contribution in [0.15, 0.2) is 59.4 Å². The first-order valence-corrected chi connectivity index (χ1v) is 8.29. The number of rotatable bonds is 5. The third kappa shape index (κ3) is 3.76. The van der Waals surface area contributed by atoms with Crippen molar-refractivity contribution in [1.82, 2.24) is 15.5 Å². The summed E-state index contributed by atoms with van der Waals surface area (Å²) < 4.78 is 5.24. The molecule has 1 atom stereocenters. The summed E-state index contributed by atoms with van der Waals surface area (Å²) in [6.45, 7) is 6.02. The normalized spacial score (nSPS) is 12.2. The zero-order chi connectivity index (χ0) is 17.8. The van der Waals surface area contributed by atoms with E-state index in [9.17, 15) is 4.79 Å². The zero-order valence-electron chi connectivity index (χ0n) is 14.6. The van der Waals surface area contributed by atoms with E-state index in [2.05, 4.69) is 15.5 Å². The van der Waals surface area contributed by atoms with E-state index in [4.69, 9.17) is 4.52 Å². The number of carbonyl (C=O) groups excluding carboxylic acids is 1. The lowest BCUT2D eigenvalue weighted by atomic mass is 9.95. The van der Waals surface area contributed by atoms with Gasteiger partial charge in [-0.15, -0.1) is 0 Å². The fraction of sp³-hybridized carbons (Fsp3) is 0.250. The Morgan fingerprint density at radius 2 is 1.84 bits per heavy atom. The summed E-state index contributed by atoms with van der Waals surface area (Å²) in [7, 11) is 0. The van der Waals surface area contributed by atoms with E-state index in [0.717, 1.165) is 16.7 Å². The summed E-state index contributed by atoms with van der Waals surface area (Å²) in [5.74, 6) is 0.614. The molecular formula is C20H21N3O2. The molecule has 5 heteroatoms. The van der Waals surface area contributed by atoms with Gasteiger partial charge in [0.15, 0.2) is 5.69 Å². The van der Waals surface area contributed by atoms with Gasteiger partial charge >= 0.3 is 0 Å². The van der Waals surface area contributed by atoms with E-state index in [1.807, 2.05) is 57.2 Å². The fourth-order valence-corrected chi connectivity index (χ4v) is 2.68. The number of hydrogen-bond donors (Lipinski definition) is 1. The highest BCUT2D eigenvalue weighted by atomic mass is 16.5. The maximum Gasteiger partial charge on any atom is 0.274 e. The summed E-state index contributed by atoms with van der Waals surface area (Å²) in [5, 5.41) is 6.97. The minimum Gasteiger partial charge on any atom is -0.360 e. The lowest BCUT2D eigenvalue weighted by Crippen LogP contribution is -2.30. The maximum atomic E-state index is 12.7. The van der Waals surface area contributed by atoms with Crippen molar-refractivity contribution in [3.8, 4) is 0 Å². The highest BCUT2D eigenvalue weighted by Crippen LogP contribution is 2.25.